The van der Waals surface area contributed by atoms with Gasteiger partial charge < -0.3 is 15.0 Å². The molecule has 0 radical (unpaired) electrons. The predicted molar refractivity (Wildman–Crippen MR) is 121 cm³/mol. The summed E-state index contributed by atoms with van der Waals surface area (Å²) in [6, 6.07) is 18.7. The average molecular weight is 421 g/mol. The van der Waals surface area contributed by atoms with Gasteiger partial charge in [-0.1, -0.05) is 54.6 Å². The van der Waals surface area contributed by atoms with Gasteiger partial charge in [-0.25, -0.2) is 0 Å². The van der Waals surface area contributed by atoms with Crippen LogP contribution in [-0.4, -0.2) is 49.1 Å². The maximum absolute atomic E-state index is 13.3. The van der Waals surface area contributed by atoms with Crippen LogP contribution in [0.4, 0.5) is 0 Å². The molecule has 0 saturated carbocycles. The van der Waals surface area contributed by atoms with Crippen molar-refractivity contribution in [3.63, 3.8) is 0 Å². The fourth-order valence-electron chi connectivity index (χ4n) is 4.94. The molecule has 0 bridgehead atoms. The van der Waals surface area contributed by atoms with E-state index in [0.717, 1.165) is 42.4 Å². The van der Waals surface area contributed by atoms with E-state index in [0.29, 0.717) is 32.7 Å². The number of hydrogen-bond acceptors (Lipinski definition) is 3. The van der Waals surface area contributed by atoms with Gasteiger partial charge in [-0.15, -0.1) is 0 Å². The molecule has 164 valence electrons. The van der Waals surface area contributed by atoms with Crippen molar-refractivity contribution in [3.05, 3.63) is 60.2 Å². The van der Waals surface area contributed by atoms with Crippen LogP contribution in [0.3, 0.4) is 0 Å². The minimum atomic E-state index is -0.613. The molecule has 2 aromatic rings. The van der Waals surface area contributed by atoms with Crippen LogP contribution >= 0.6 is 0 Å². The Bertz CT molecular complexity index is 908. The molecule has 0 spiro atoms. The highest BCUT2D eigenvalue weighted by Gasteiger charge is 2.44. The molecule has 2 aromatic carbocycles. The van der Waals surface area contributed by atoms with Crippen molar-refractivity contribution in [2.24, 2.45) is 5.41 Å². The number of carbonyl (C=O) groups excluding carboxylic acids is 2. The normalized spacial score (nSPS) is 23.5. The third-order valence-corrected chi connectivity index (χ3v) is 6.49. The Morgan fingerprint density at radius 3 is 2.65 bits per heavy atom. The summed E-state index contributed by atoms with van der Waals surface area (Å²) in [5.41, 5.74) is 2.82. The summed E-state index contributed by atoms with van der Waals surface area (Å²) in [5, 5.41) is 3.04. The summed E-state index contributed by atoms with van der Waals surface area (Å²) >= 11 is 0. The zero-order valence-corrected chi connectivity index (χ0v) is 18.3. The summed E-state index contributed by atoms with van der Waals surface area (Å²) in [6.45, 7) is 4.33. The van der Waals surface area contributed by atoms with E-state index in [1.54, 1.807) is 0 Å². The highest BCUT2D eigenvalue weighted by atomic mass is 16.5. The Hall–Kier alpha value is -2.66. The van der Waals surface area contributed by atoms with Gasteiger partial charge >= 0.3 is 0 Å². The molecule has 1 N–H and O–H groups in total. The van der Waals surface area contributed by atoms with E-state index in [-0.39, 0.29) is 17.9 Å². The number of nitrogens with one attached hydrogen (secondary N) is 1. The van der Waals surface area contributed by atoms with E-state index in [2.05, 4.69) is 41.7 Å². The molecule has 0 aliphatic carbocycles. The van der Waals surface area contributed by atoms with Crippen molar-refractivity contribution in [3.8, 4) is 11.1 Å². The van der Waals surface area contributed by atoms with Crippen molar-refractivity contribution in [1.29, 1.82) is 0 Å². The van der Waals surface area contributed by atoms with Crippen LogP contribution in [0.2, 0.25) is 0 Å². The topological polar surface area (TPSA) is 58.6 Å². The number of amides is 2. The summed E-state index contributed by atoms with van der Waals surface area (Å²) < 4.78 is 5.64. The number of likely N-dealkylation sites (tertiary alicyclic amines) is 1. The molecule has 31 heavy (non-hydrogen) atoms. The van der Waals surface area contributed by atoms with Crippen molar-refractivity contribution >= 4 is 11.8 Å². The van der Waals surface area contributed by atoms with Crippen LogP contribution < -0.4 is 5.32 Å². The second-order valence-electron chi connectivity index (χ2n) is 8.75. The van der Waals surface area contributed by atoms with Crippen LogP contribution in [-0.2, 0) is 20.7 Å². The molecule has 2 atom stereocenters. The number of piperidine rings is 1. The quantitative estimate of drug-likeness (QED) is 0.773. The first-order valence-corrected chi connectivity index (χ1v) is 11.4. The van der Waals surface area contributed by atoms with Gasteiger partial charge in [-0.3, -0.25) is 9.59 Å². The molecule has 2 aliphatic rings. The number of ether oxygens (including phenoxy) is 1. The van der Waals surface area contributed by atoms with Gasteiger partial charge in [0.25, 0.3) is 5.91 Å². The number of carbonyl (C=O) groups is 2. The van der Waals surface area contributed by atoms with Crippen LogP contribution in [0.1, 0.15) is 38.2 Å². The Kier molecular flexibility index (Phi) is 6.71. The second-order valence-corrected chi connectivity index (χ2v) is 8.75. The van der Waals surface area contributed by atoms with E-state index >= 15 is 0 Å². The fraction of sp³-hybridized carbons (Fsp3) is 0.462. The van der Waals surface area contributed by atoms with Gasteiger partial charge in [0.1, 0.15) is 6.10 Å². The molecule has 4 rings (SSSR count). The maximum atomic E-state index is 13.3. The van der Waals surface area contributed by atoms with Gasteiger partial charge in [0.05, 0.1) is 5.41 Å². The summed E-state index contributed by atoms with van der Waals surface area (Å²) in [5.74, 6) is 0.0915. The molecule has 0 unspecified atom stereocenters. The Labute approximate surface area is 184 Å². The third kappa shape index (κ3) is 4.82. The number of nitrogens with zero attached hydrogens (tertiary/aromatic N) is 1. The smallest absolute Gasteiger partial charge is 0.251 e. The molecular formula is C26H32N2O3. The highest BCUT2D eigenvalue weighted by molar-refractivity contribution is 5.86. The molecule has 0 aromatic heterocycles. The fourth-order valence-corrected chi connectivity index (χ4v) is 4.94. The van der Waals surface area contributed by atoms with Crippen LogP contribution in [0.25, 0.3) is 11.1 Å². The van der Waals surface area contributed by atoms with E-state index in [1.807, 2.05) is 30.0 Å². The molecule has 2 heterocycles. The standard InChI is InChI=1S/C26H32N2O3/c1-2-27-25(30)26(14-8-15-28(19-26)24(29)23-13-7-16-31-23)18-20-9-6-12-22(17-20)21-10-4-3-5-11-21/h3-6,9-12,17,23H,2,7-8,13-16,18-19H2,1H3,(H,27,30)/t23-,26-/m0/s1. The van der Waals surface area contributed by atoms with Gasteiger partial charge in [-0.2, -0.15) is 0 Å². The van der Waals surface area contributed by atoms with Gasteiger partial charge in [0, 0.05) is 26.2 Å². The lowest BCUT2D eigenvalue weighted by atomic mass is 9.73. The van der Waals surface area contributed by atoms with Crippen LogP contribution in [0.15, 0.2) is 54.6 Å². The van der Waals surface area contributed by atoms with Crippen molar-refractivity contribution < 1.29 is 14.3 Å². The first-order valence-electron chi connectivity index (χ1n) is 11.4. The van der Waals surface area contributed by atoms with E-state index in [9.17, 15) is 9.59 Å². The molecule has 5 nitrogen and oxygen atoms in total. The molecule has 2 saturated heterocycles. The van der Waals surface area contributed by atoms with Crippen molar-refractivity contribution in [2.45, 2.75) is 45.1 Å². The van der Waals surface area contributed by atoms with Crippen molar-refractivity contribution in [1.82, 2.24) is 10.2 Å². The summed E-state index contributed by atoms with van der Waals surface area (Å²) in [7, 11) is 0. The molecule has 5 heteroatoms. The maximum Gasteiger partial charge on any atom is 0.251 e. The molecule has 2 aliphatic heterocycles. The average Bonchev–Trinajstić information content (AvgIpc) is 3.35. The monoisotopic (exact) mass is 420 g/mol. The minimum Gasteiger partial charge on any atom is -0.368 e. The number of hydrogen-bond donors (Lipinski definition) is 1. The number of benzene rings is 2. The van der Waals surface area contributed by atoms with E-state index < -0.39 is 5.41 Å². The largest absolute Gasteiger partial charge is 0.368 e. The summed E-state index contributed by atoms with van der Waals surface area (Å²) in [6.07, 6.45) is 3.60. The summed E-state index contributed by atoms with van der Waals surface area (Å²) in [4.78, 5) is 28.2. The van der Waals surface area contributed by atoms with Crippen LogP contribution in [0, 0.1) is 5.41 Å². The Morgan fingerprint density at radius 1 is 1.10 bits per heavy atom. The lowest BCUT2D eigenvalue weighted by molar-refractivity contribution is -0.148. The van der Waals surface area contributed by atoms with E-state index in [1.165, 1.54) is 0 Å². The number of rotatable bonds is 6. The SMILES string of the molecule is CCNC(=O)[C@]1(Cc2cccc(-c3ccccc3)c2)CCCN(C(=O)[C@@H]2CCCO2)C1. The molecular weight excluding hydrogens is 388 g/mol. The van der Waals surface area contributed by atoms with Crippen LogP contribution in [0.5, 0.6) is 0 Å². The van der Waals surface area contributed by atoms with Crippen molar-refractivity contribution in [2.75, 3.05) is 26.2 Å². The Morgan fingerprint density at radius 2 is 1.90 bits per heavy atom. The molecule has 2 amide bonds. The first kappa shape index (κ1) is 21.6. The second kappa shape index (κ2) is 9.65. The zero-order chi connectivity index (χ0) is 21.7. The van der Waals surface area contributed by atoms with Gasteiger partial charge in [0.2, 0.25) is 5.91 Å². The third-order valence-electron chi connectivity index (χ3n) is 6.49. The van der Waals surface area contributed by atoms with Gasteiger partial charge in [-0.05, 0) is 55.7 Å². The Balaban J connectivity index is 1.59. The molecule has 2 fully saturated rings. The first-order chi connectivity index (χ1) is 15.1. The predicted octanol–water partition coefficient (Wildman–Crippen LogP) is 3.82. The van der Waals surface area contributed by atoms with Gasteiger partial charge in [0.15, 0.2) is 0 Å². The van der Waals surface area contributed by atoms with E-state index in [4.69, 9.17) is 4.74 Å². The lowest BCUT2D eigenvalue weighted by Gasteiger charge is -2.42. The minimum absolute atomic E-state index is 0.0453. The highest BCUT2D eigenvalue weighted by Crippen LogP contribution is 2.36. The zero-order valence-electron chi connectivity index (χ0n) is 18.3. The lowest BCUT2D eigenvalue weighted by Crippen LogP contribution is -2.56.